The molecule has 208 valence electrons. The van der Waals surface area contributed by atoms with Gasteiger partial charge in [-0.1, -0.05) is 43.4 Å². The summed E-state index contributed by atoms with van der Waals surface area (Å²) < 4.78 is 16.6. The molecular formula is C29H29N3O7S. The van der Waals surface area contributed by atoms with Crippen LogP contribution in [0.3, 0.4) is 0 Å². The average molecular weight is 564 g/mol. The van der Waals surface area contributed by atoms with Crippen molar-refractivity contribution < 1.29 is 33.7 Å². The second-order valence-electron chi connectivity index (χ2n) is 8.82. The fourth-order valence-corrected chi connectivity index (χ4v) is 5.17. The number of aliphatic hydroxyl groups excluding tert-OH is 1. The van der Waals surface area contributed by atoms with Crippen LogP contribution < -0.4 is 14.4 Å². The smallest absolute Gasteiger partial charge is 0.350 e. The van der Waals surface area contributed by atoms with Crippen molar-refractivity contribution in [1.82, 2.24) is 9.97 Å². The minimum atomic E-state index is -1.07. The van der Waals surface area contributed by atoms with E-state index in [1.165, 1.54) is 42.6 Å². The molecule has 40 heavy (non-hydrogen) atoms. The average Bonchev–Trinajstić information content (AvgIpc) is 3.48. The number of benzene rings is 1. The normalized spacial score (nSPS) is 16.2. The number of amides is 1. The van der Waals surface area contributed by atoms with E-state index in [9.17, 15) is 19.5 Å². The first kappa shape index (κ1) is 28.5. The van der Waals surface area contributed by atoms with Gasteiger partial charge in [-0.2, -0.15) is 0 Å². The highest BCUT2D eigenvalue weighted by Gasteiger charge is 2.48. The van der Waals surface area contributed by atoms with Gasteiger partial charge in [-0.15, -0.1) is 0 Å². The maximum absolute atomic E-state index is 13.5. The minimum absolute atomic E-state index is 0.00836. The third kappa shape index (κ3) is 5.59. The van der Waals surface area contributed by atoms with E-state index in [1.807, 2.05) is 0 Å². The van der Waals surface area contributed by atoms with E-state index in [4.69, 9.17) is 14.2 Å². The van der Waals surface area contributed by atoms with Gasteiger partial charge in [0, 0.05) is 18.0 Å². The zero-order chi connectivity index (χ0) is 28.8. The van der Waals surface area contributed by atoms with Crippen LogP contribution >= 0.6 is 11.3 Å². The Bertz CT molecular complexity index is 1470. The number of methoxy groups -OCH3 is 1. The van der Waals surface area contributed by atoms with Crippen LogP contribution in [-0.4, -0.2) is 53.1 Å². The Morgan fingerprint density at radius 1 is 1.20 bits per heavy atom. The summed E-state index contributed by atoms with van der Waals surface area (Å²) in [4.78, 5) is 49.3. The Kier molecular flexibility index (Phi) is 8.95. The van der Waals surface area contributed by atoms with Gasteiger partial charge in [-0.05, 0) is 43.2 Å². The van der Waals surface area contributed by atoms with Gasteiger partial charge >= 0.3 is 11.9 Å². The molecule has 1 fully saturated rings. The number of aryl methyl sites for hydroxylation is 1. The van der Waals surface area contributed by atoms with Crippen LogP contribution in [0, 0.1) is 6.92 Å². The second kappa shape index (κ2) is 12.6. The number of carbonyl (C=O) groups excluding carboxylic acids is 3. The predicted octanol–water partition coefficient (Wildman–Crippen LogP) is 5.00. The summed E-state index contributed by atoms with van der Waals surface area (Å²) in [5.74, 6) is -1.89. The van der Waals surface area contributed by atoms with Crippen molar-refractivity contribution in [2.75, 3.05) is 25.2 Å². The van der Waals surface area contributed by atoms with Crippen molar-refractivity contribution in [3.63, 3.8) is 0 Å². The van der Waals surface area contributed by atoms with E-state index in [1.54, 1.807) is 25.1 Å². The van der Waals surface area contributed by atoms with Crippen molar-refractivity contribution in [2.45, 2.75) is 32.7 Å². The molecule has 1 aliphatic heterocycles. The van der Waals surface area contributed by atoms with Crippen LogP contribution in [0.5, 0.6) is 11.5 Å². The molecule has 0 aliphatic carbocycles. The number of esters is 1. The molecule has 1 atom stereocenters. The van der Waals surface area contributed by atoms with Gasteiger partial charge in [0.1, 0.15) is 17.2 Å². The number of nitrogens with zero attached hydrogens (tertiary/aromatic N) is 3. The maximum atomic E-state index is 13.5. The molecule has 1 N–H and O–H groups in total. The fourth-order valence-electron chi connectivity index (χ4n) is 4.19. The quantitative estimate of drug-likeness (QED) is 0.0855. The van der Waals surface area contributed by atoms with Gasteiger partial charge in [0.25, 0.3) is 5.78 Å². The topological polar surface area (TPSA) is 128 Å². The minimum Gasteiger partial charge on any atom is -0.507 e. The van der Waals surface area contributed by atoms with Gasteiger partial charge < -0.3 is 19.3 Å². The van der Waals surface area contributed by atoms with Crippen LogP contribution in [0.4, 0.5) is 5.13 Å². The van der Waals surface area contributed by atoms with E-state index >= 15 is 0 Å². The molecule has 0 bridgehead atoms. The largest absolute Gasteiger partial charge is 0.507 e. The molecule has 0 saturated carbocycles. The summed E-state index contributed by atoms with van der Waals surface area (Å²) >= 11 is 0.919. The molecule has 1 unspecified atom stereocenters. The number of thiazole rings is 1. The lowest BCUT2D eigenvalue weighted by atomic mass is 9.95. The lowest BCUT2D eigenvalue weighted by Crippen LogP contribution is -2.29. The Morgan fingerprint density at radius 3 is 2.62 bits per heavy atom. The van der Waals surface area contributed by atoms with Crippen molar-refractivity contribution >= 4 is 39.9 Å². The molecule has 1 saturated heterocycles. The number of anilines is 1. The van der Waals surface area contributed by atoms with Crippen LogP contribution in [0.15, 0.2) is 61.0 Å². The molecule has 0 spiro atoms. The van der Waals surface area contributed by atoms with Crippen LogP contribution in [0.1, 0.15) is 52.3 Å². The number of carbonyl (C=O) groups is 3. The summed E-state index contributed by atoms with van der Waals surface area (Å²) in [6.07, 6.45) is 6.20. The Labute approximate surface area is 235 Å². The summed E-state index contributed by atoms with van der Waals surface area (Å²) in [6.45, 7) is 7.71. The summed E-state index contributed by atoms with van der Waals surface area (Å²) in [6, 6.07) is 7.05. The van der Waals surface area contributed by atoms with Crippen molar-refractivity contribution in [3.05, 3.63) is 82.7 Å². The Balaban J connectivity index is 1.87. The van der Waals surface area contributed by atoms with Crippen LogP contribution in [0.2, 0.25) is 0 Å². The fraction of sp³-hybridized carbons (Fsp3) is 0.276. The summed E-state index contributed by atoms with van der Waals surface area (Å²) in [5.41, 5.74) is 0.981. The third-order valence-electron chi connectivity index (χ3n) is 6.17. The van der Waals surface area contributed by atoms with Gasteiger partial charge in [0.2, 0.25) is 0 Å². The summed E-state index contributed by atoms with van der Waals surface area (Å²) in [7, 11) is 1.49. The molecule has 10 nitrogen and oxygen atoms in total. The van der Waals surface area contributed by atoms with Crippen LogP contribution in [0.25, 0.3) is 5.76 Å². The van der Waals surface area contributed by atoms with E-state index in [0.717, 1.165) is 24.2 Å². The molecule has 3 heterocycles. The van der Waals surface area contributed by atoms with Gasteiger partial charge in [0.05, 0.1) is 31.0 Å². The Morgan fingerprint density at radius 2 is 1.95 bits per heavy atom. The molecule has 3 aromatic rings. The molecule has 0 radical (unpaired) electrons. The Hall–Kier alpha value is -4.51. The predicted molar refractivity (Wildman–Crippen MR) is 150 cm³/mol. The van der Waals surface area contributed by atoms with Crippen LogP contribution in [-0.2, 0) is 14.3 Å². The molecule has 1 aliphatic rings. The summed E-state index contributed by atoms with van der Waals surface area (Å²) in [5, 5.41) is 11.4. The number of Topliss-reactive ketones (excluding diaryl/α,β-unsaturated/α-hetero) is 1. The zero-order valence-corrected chi connectivity index (χ0v) is 23.2. The first-order valence-electron chi connectivity index (χ1n) is 12.6. The number of unbranched alkanes of at least 4 members (excludes halogenated alkanes) is 1. The molecule has 4 rings (SSSR count). The molecule has 1 amide bonds. The van der Waals surface area contributed by atoms with Gasteiger partial charge in [0.15, 0.2) is 16.6 Å². The number of pyridine rings is 1. The number of hydrogen-bond donors (Lipinski definition) is 1. The lowest BCUT2D eigenvalue weighted by molar-refractivity contribution is -0.132. The highest BCUT2D eigenvalue weighted by atomic mass is 32.1. The number of rotatable bonds is 11. The first-order chi connectivity index (χ1) is 19.3. The number of aliphatic hydroxyl groups is 1. The highest BCUT2D eigenvalue weighted by Crippen LogP contribution is 2.45. The number of hydrogen-bond acceptors (Lipinski definition) is 10. The standard InChI is InChI=1S/C29H29N3O7S/c1-5-7-15-38-20-9-8-19(16-21(20)37-4)23-22(24(33)18-10-12-30-13-11-18)25(34)27(35)32(23)29-31-17(3)26(40-29)28(36)39-14-6-2/h6,8-13,16,23,33H,2,5,7,14-15H2,1,3-4H3. The van der Waals surface area contributed by atoms with E-state index in [-0.39, 0.29) is 27.9 Å². The monoisotopic (exact) mass is 563 g/mol. The molecule has 1 aromatic carbocycles. The van der Waals surface area contributed by atoms with E-state index in [0.29, 0.717) is 34.9 Å². The SMILES string of the molecule is C=CCOC(=O)c1sc(N2C(=O)C(=O)C(=C(O)c3ccncc3)C2c2ccc(OCCCC)c(OC)c2)nc1C. The first-order valence-corrected chi connectivity index (χ1v) is 13.4. The number of aromatic nitrogens is 2. The van der Waals surface area contributed by atoms with Gasteiger partial charge in [-0.25, -0.2) is 9.78 Å². The number of ketones is 1. The van der Waals surface area contributed by atoms with E-state index in [2.05, 4.69) is 23.5 Å². The van der Waals surface area contributed by atoms with Gasteiger partial charge in [-0.3, -0.25) is 19.5 Å². The van der Waals surface area contributed by atoms with Crippen molar-refractivity contribution in [3.8, 4) is 11.5 Å². The maximum Gasteiger partial charge on any atom is 0.350 e. The third-order valence-corrected chi connectivity index (χ3v) is 7.30. The molecule has 11 heteroatoms. The zero-order valence-electron chi connectivity index (χ0n) is 22.4. The lowest BCUT2D eigenvalue weighted by Gasteiger charge is -2.24. The van der Waals surface area contributed by atoms with E-state index < -0.39 is 23.7 Å². The van der Waals surface area contributed by atoms with Crippen molar-refractivity contribution in [2.24, 2.45) is 0 Å². The highest BCUT2D eigenvalue weighted by molar-refractivity contribution is 7.17. The number of ether oxygens (including phenoxy) is 3. The van der Waals surface area contributed by atoms with Crippen molar-refractivity contribution in [1.29, 1.82) is 0 Å². The second-order valence-corrected chi connectivity index (χ2v) is 9.79. The molecule has 2 aromatic heterocycles. The molecular weight excluding hydrogens is 534 g/mol.